The van der Waals surface area contributed by atoms with E-state index in [1.165, 1.54) is 49.4 Å². The van der Waals surface area contributed by atoms with Crippen LogP contribution >= 0.6 is 0 Å². The second-order valence-corrected chi connectivity index (χ2v) is 10.1. The van der Waals surface area contributed by atoms with Gasteiger partial charge in [-0.3, -0.25) is 0 Å². The maximum atomic E-state index is 6.48. The predicted molar refractivity (Wildman–Crippen MR) is 168 cm³/mol. The molecule has 0 aliphatic rings. The highest BCUT2D eigenvalue weighted by atomic mass is 16.3. The molecule has 0 radical (unpaired) electrons. The third-order valence-corrected chi connectivity index (χ3v) is 7.75. The van der Waals surface area contributed by atoms with Crippen molar-refractivity contribution < 1.29 is 4.42 Å². The third-order valence-electron chi connectivity index (χ3n) is 7.75. The number of hydrogen-bond donors (Lipinski definition) is 0. The molecule has 0 amide bonds. The fraction of sp³-hybridized carbons (Fsp3) is 0.0526. The number of allylic oxidation sites excluding steroid dienone is 4. The Kier molecular flexibility index (Phi) is 5.64. The molecule has 0 N–H and O–H groups in total. The van der Waals surface area contributed by atoms with Crippen LogP contribution in [0.15, 0.2) is 138 Å². The van der Waals surface area contributed by atoms with Gasteiger partial charge in [0.2, 0.25) is 0 Å². The number of hydrogen-bond acceptors (Lipinski definition) is 1. The zero-order chi connectivity index (χ0) is 26.3. The van der Waals surface area contributed by atoms with E-state index in [9.17, 15) is 0 Å². The minimum absolute atomic E-state index is 0.912. The number of fused-ring (bicyclic) bond motifs is 5. The van der Waals surface area contributed by atoms with Gasteiger partial charge in [-0.1, -0.05) is 109 Å². The first-order chi connectivity index (χ1) is 19.2. The highest BCUT2D eigenvalue weighted by molar-refractivity contribution is 6.22. The summed E-state index contributed by atoms with van der Waals surface area (Å²) in [7, 11) is 0. The van der Waals surface area contributed by atoms with E-state index in [1.54, 1.807) is 0 Å². The van der Waals surface area contributed by atoms with Crippen LogP contribution in [-0.4, -0.2) is 0 Å². The van der Waals surface area contributed by atoms with Crippen molar-refractivity contribution in [1.29, 1.82) is 0 Å². The smallest absolute Gasteiger partial charge is 0.136 e. The second kappa shape index (κ2) is 9.45. The van der Waals surface area contributed by atoms with Crippen molar-refractivity contribution in [3.05, 3.63) is 139 Å². The molecule has 0 saturated carbocycles. The third kappa shape index (κ3) is 3.86. The van der Waals surface area contributed by atoms with Crippen LogP contribution in [0.1, 0.15) is 19.4 Å². The molecule has 0 aliphatic heterocycles. The Labute approximate surface area is 228 Å². The Hall–Kier alpha value is -4.88. The minimum Gasteiger partial charge on any atom is -0.456 e. The molecule has 7 rings (SSSR count). The van der Waals surface area contributed by atoms with E-state index in [4.69, 9.17) is 4.42 Å². The summed E-state index contributed by atoms with van der Waals surface area (Å²) in [6.45, 7) is 4.17. The van der Waals surface area contributed by atoms with Crippen LogP contribution in [0, 0.1) is 0 Å². The Balaban J connectivity index is 1.48. The van der Waals surface area contributed by atoms with Crippen molar-refractivity contribution in [1.82, 2.24) is 0 Å². The largest absolute Gasteiger partial charge is 0.456 e. The lowest BCUT2D eigenvalue weighted by atomic mass is 9.86. The molecule has 0 bridgehead atoms. The molecule has 39 heavy (non-hydrogen) atoms. The highest BCUT2D eigenvalue weighted by Crippen LogP contribution is 2.44. The number of benzene rings is 6. The Morgan fingerprint density at radius 3 is 1.69 bits per heavy atom. The fourth-order valence-electron chi connectivity index (χ4n) is 5.87. The summed E-state index contributed by atoms with van der Waals surface area (Å²) >= 11 is 0. The molecule has 0 unspecified atom stereocenters. The monoisotopic (exact) mass is 500 g/mol. The summed E-state index contributed by atoms with van der Waals surface area (Å²) in [4.78, 5) is 0. The van der Waals surface area contributed by atoms with Gasteiger partial charge in [0.25, 0.3) is 0 Å². The Morgan fingerprint density at radius 2 is 1.08 bits per heavy atom. The molecule has 186 valence electrons. The van der Waals surface area contributed by atoms with Crippen molar-refractivity contribution in [3.63, 3.8) is 0 Å². The van der Waals surface area contributed by atoms with Crippen molar-refractivity contribution in [2.45, 2.75) is 13.8 Å². The van der Waals surface area contributed by atoms with Gasteiger partial charge >= 0.3 is 0 Å². The van der Waals surface area contributed by atoms with Gasteiger partial charge in [0.1, 0.15) is 11.2 Å². The van der Waals surface area contributed by atoms with Gasteiger partial charge in [-0.15, -0.1) is 0 Å². The van der Waals surface area contributed by atoms with Crippen LogP contribution in [0.2, 0.25) is 0 Å². The second-order valence-electron chi connectivity index (χ2n) is 10.1. The van der Waals surface area contributed by atoms with Gasteiger partial charge in [0.15, 0.2) is 0 Å². The zero-order valence-corrected chi connectivity index (χ0v) is 22.1. The van der Waals surface area contributed by atoms with Crippen LogP contribution < -0.4 is 0 Å². The van der Waals surface area contributed by atoms with E-state index in [0.717, 1.165) is 27.5 Å². The highest BCUT2D eigenvalue weighted by Gasteiger charge is 2.17. The van der Waals surface area contributed by atoms with Crippen LogP contribution in [0.25, 0.3) is 71.3 Å². The maximum Gasteiger partial charge on any atom is 0.136 e. The van der Waals surface area contributed by atoms with Crippen molar-refractivity contribution >= 4 is 49.1 Å². The summed E-state index contributed by atoms with van der Waals surface area (Å²) in [5.74, 6) is 0. The average Bonchev–Trinajstić information content (AvgIpc) is 3.36. The first-order valence-electron chi connectivity index (χ1n) is 13.5. The van der Waals surface area contributed by atoms with Crippen LogP contribution in [0.4, 0.5) is 0 Å². The van der Waals surface area contributed by atoms with E-state index in [1.807, 2.05) is 13.0 Å². The normalized spacial score (nSPS) is 12.4. The van der Waals surface area contributed by atoms with E-state index in [-0.39, 0.29) is 0 Å². The van der Waals surface area contributed by atoms with Gasteiger partial charge in [-0.05, 0) is 93.0 Å². The molecule has 1 nitrogen and oxygen atoms in total. The van der Waals surface area contributed by atoms with Crippen LogP contribution in [0.5, 0.6) is 0 Å². The molecule has 0 spiro atoms. The molecular formula is C38H28O. The molecule has 0 atom stereocenters. The first kappa shape index (κ1) is 23.3. The SMILES string of the molecule is C/C=C\C=C(/C)c1ccc2c(c1)oc1cc(-c3c4ccccc4c(-c4ccccc4)c4ccccc34)ccc12. The quantitative estimate of drug-likeness (QED) is 0.173. The van der Waals surface area contributed by atoms with Crippen molar-refractivity contribution in [2.24, 2.45) is 0 Å². The summed E-state index contributed by atoms with van der Waals surface area (Å²) in [5, 5.41) is 7.30. The summed E-state index contributed by atoms with van der Waals surface area (Å²) < 4.78 is 6.48. The zero-order valence-electron chi connectivity index (χ0n) is 22.1. The lowest BCUT2D eigenvalue weighted by molar-refractivity contribution is 0.669. The van der Waals surface area contributed by atoms with E-state index < -0.39 is 0 Å². The molecule has 1 heteroatoms. The molecule has 0 aliphatic carbocycles. The molecule has 1 aromatic heterocycles. The minimum atomic E-state index is 0.912. The fourth-order valence-corrected chi connectivity index (χ4v) is 5.87. The summed E-state index contributed by atoms with van der Waals surface area (Å²) in [6.07, 6.45) is 6.25. The van der Waals surface area contributed by atoms with E-state index >= 15 is 0 Å². The standard InChI is InChI=1S/C38H28O/c1-3-4-12-25(2)27-19-21-29-30-22-20-28(24-36(30)39-35(29)23-27)38-33-17-10-8-15-31(33)37(26-13-6-5-7-14-26)32-16-9-11-18-34(32)38/h3-24H,1-2H3/b4-3-,25-12+. The summed E-state index contributed by atoms with van der Waals surface area (Å²) in [5.41, 5.74) is 9.15. The molecule has 1 heterocycles. The van der Waals surface area contributed by atoms with E-state index in [2.05, 4.69) is 134 Å². The van der Waals surface area contributed by atoms with Crippen LogP contribution in [-0.2, 0) is 0 Å². The number of rotatable bonds is 4. The topological polar surface area (TPSA) is 13.1 Å². The molecule has 7 aromatic rings. The van der Waals surface area contributed by atoms with Crippen LogP contribution in [0.3, 0.4) is 0 Å². The lowest BCUT2D eigenvalue weighted by Gasteiger charge is -2.17. The van der Waals surface area contributed by atoms with Crippen molar-refractivity contribution in [2.75, 3.05) is 0 Å². The molecule has 0 fully saturated rings. The summed E-state index contributed by atoms with van der Waals surface area (Å²) in [6, 6.07) is 41.5. The Morgan fingerprint density at radius 1 is 0.538 bits per heavy atom. The van der Waals surface area contributed by atoms with Gasteiger partial charge in [0.05, 0.1) is 0 Å². The molecule has 0 saturated heterocycles. The number of furan rings is 1. The van der Waals surface area contributed by atoms with Gasteiger partial charge in [0, 0.05) is 10.8 Å². The van der Waals surface area contributed by atoms with E-state index in [0.29, 0.717) is 0 Å². The molecule has 6 aromatic carbocycles. The first-order valence-corrected chi connectivity index (χ1v) is 13.5. The molecular weight excluding hydrogens is 472 g/mol. The predicted octanol–water partition coefficient (Wildman–Crippen LogP) is 11.2. The Bertz CT molecular complexity index is 2010. The lowest BCUT2D eigenvalue weighted by Crippen LogP contribution is -1.90. The van der Waals surface area contributed by atoms with Crippen molar-refractivity contribution in [3.8, 4) is 22.3 Å². The average molecular weight is 501 g/mol. The van der Waals surface area contributed by atoms with Gasteiger partial charge in [-0.2, -0.15) is 0 Å². The van der Waals surface area contributed by atoms with Gasteiger partial charge in [-0.25, -0.2) is 0 Å². The van der Waals surface area contributed by atoms with Gasteiger partial charge < -0.3 is 4.42 Å². The maximum absolute atomic E-state index is 6.48.